The summed E-state index contributed by atoms with van der Waals surface area (Å²) in [6, 6.07) is 10.6. The fourth-order valence-electron chi connectivity index (χ4n) is 3.38. The van der Waals surface area contributed by atoms with Crippen LogP contribution in [0.1, 0.15) is 48.5 Å². The molecule has 1 atom stereocenters. The highest BCUT2D eigenvalue weighted by molar-refractivity contribution is 5.80. The maximum absolute atomic E-state index is 4.66. The summed E-state index contributed by atoms with van der Waals surface area (Å²) in [5.74, 6) is 2.79. The molecule has 3 heterocycles. The van der Waals surface area contributed by atoms with Crippen molar-refractivity contribution in [2.45, 2.75) is 38.6 Å². The molecule has 1 aliphatic rings. The Labute approximate surface area is 163 Å². The zero-order chi connectivity index (χ0) is 19.1. The lowest BCUT2D eigenvalue weighted by Gasteiger charge is -2.16. The minimum Gasteiger partial charge on any atom is -0.361 e. The quantitative estimate of drug-likeness (QED) is 0.390. The number of nitrogens with one attached hydrogen (secondary N) is 4. The van der Waals surface area contributed by atoms with Gasteiger partial charge in [-0.2, -0.15) is 10.1 Å². The Morgan fingerprint density at radius 2 is 2.07 bits per heavy atom. The third-order valence-corrected chi connectivity index (χ3v) is 5.26. The Hall–Kier alpha value is -3.35. The summed E-state index contributed by atoms with van der Waals surface area (Å²) in [4.78, 5) is 12.3. The maximum atomic E-state index is 4.66. The average Bonchev–Trinajstić information content (AvgIpc) is 3.25. The van der Waals surface area contributed by atoms with E-state index in [-0.39, 0.29) is 6.04 Å². The highest BCUT2D eigenvalue weighted by Crippen LogP contribution is 2.39. The first-order valence-electron chi connectivity index (χ1n) is 9.65. The molecule has 4 aromatic rings. The van der Waals surface area contributed by atoms with Crippen LogP contribution in [0.2, 0.25) is 0 Å². The van der Waals surface area contributed by atoms with E-state index in [2.05, 4.69) is 73.0 Å². The minimum absolute atomic E-state index is 0.0849. The molecule has 7 nitrogen and oxygen atoms in total. The van der Waals surface area contributed by atoms with Gasteiger partial charge in [0.2, 0.25) is 5.95 Å². The zero-order valence-electron chi connectivity index (χ0n) is 16.0. The Bertz CT molecular complexity index is 1120. The molecule has 0 saturated heterocycles. The third kappa shape index (κ3) is 3.31. The number of aromatic amines is 2. The molecule has 1 fully saturated rings. The van der Waals surface area contributed by atoms with Gasteiger partial charge in [0.25, 0.3) is 0 Å². The maximum Gasteiger partial charge on any atom is 0.225 e. The molecule has 0 radical (unpaired) electrons. The molecule has 142 valence electrons. The van der Waals surface area contributed by atoms with E-state index in [0.29, 0.717) is 11.9 Å². The molecule has 0 amide bonds. The molecule has 1 aromatic carbocycles. The van der Waals surface area contributed by atoms with Crippen LogP contribution in [0.3, 0.4) is 0 Å². The van der Waals surface area contributed by atoms with Gasteiger partial charge in [-0.25, -0.2) is 4.98 Å². The highest BCUT2D eigenvalue weighted by Gasteiger charge is 2.25. The van der Waals surface area contributed by atoms with Crippen LogP contribution < -0.4 is 10.6 Å². The van der Waals surface area contributed by atoms with Crippen LogP contribution >= 0.6 is 0 Å². The fourth-order valence-corrected chi connectivity index (χ4v) is 3.38. The molecule has 0 spiro atoms. The second-order valence-electron chi connectivity index (χ2n) is 7.52. The predicted octanol–water partition coefficient (Wildman–Crippen LogP) is 4.78. The van der Waals surface area contributed by atoms with Gasteiger partial charge in [-0.05, 0) is 55.8 Å². The van der Waals surface area contributed by atoms with E-state index < -0.39 is 0 Å². The summed E-state index contributed by atoms with van der Waals surface area (Å²) in [5.41, 5.74) is 4.50. The molecule has 0 aliphatic heterocycles. The molecule has 3 aromatic heterocycles. The average molecular weight is 373 g/mol. The number of nitrogens with zero attached hydrogens (tertiary/aromatic N) is 3. The second kappa shape index (κ2) is 6.67. The summed E-state index contributed by atoms with van der Waals surface area (Å²) in [7, 11) is 0. The number of hydrogen-bond donors (Lipinski definition) is 4. The summed E-state index contributed by atoms with van der Waals surface area (Å²) in [6.07, 6.45) is 6.27. The van der Waals surface area contributed by atoms with Gasteiger partial charge in [-0.3, -0.25) is 5.10 Å². The van der Waals surface area contributed by atoms with Gasteiger partial charge in [0, 0.05) is 41.2 Å². The second-order valence-corrected chi connectivity index (χ2v) is 7.52. The molecule has 7 heteroatoms. The van der Waals surface area contributed by atoms with Crippen molar-refractivity contribution in [2.24, 2.45) is 0 Å². The van der Waals surface area contributed by atoms with E-state index >= 15 is 0 Å². The lowest BCUT2D eigenvalue weighted by atomic mass is 10.1. The Morgan fingerprint density at radius 1 is 1.18 bits per heavy atom. The van der Waals surface area contributed by atoms with Crippen molar-refractivity contribution in [1.82, 2.24) is 25.1 Å². The molecule has 4 N–H and O–H groups in total. The molecule has 1 aliphatic carbocycles. The van der Waals surface area contributed by atoms with Gasteiger partial charge in [0.15, 0.2) is 5.82 Å². The summed E-state index contributed by atoms with van der Waals surface area (Å²) >= 11 is 0. The standard InChI is InChI=1S/C21H23N7/c1-12-11-23-21(24-13(2)15-5-6-17-16(9-15)7-8-22-17)26-20(12)25-19-10-18(27-28-19)14-3-4-14/h5-11,13-14,22H,3-4H2,1-2H3,(H3,23,24,25,26,27,28). The first kappa shape index (κ1) is 16.8. The van der Waals surface area contributed by atoms with Crippen LogP contribution in [0.25, 0.3) is 10.9 Å². The number of anilines is 3. The molecule has 1 saturated carbocycles. The number of aromatic nitrogens is 5. The van der Waals surface area contributed by atoms with E-state index in [1.807, 2.05) is 19.3 Å². The van der Waals surface area contributed by atoms with Crippen LogP contribution in [0.4, 0.5) is 17.6 Å². The predicted molar refractivity (Wildman–Crippen MR) is 111 cm³/mol. The van der Waals surface area contributed by atoms with E-state index in [9.17, 15) is 0 Å². The van der Waals surface area contributed by atoms with Crippen molar-refractivity contribution in [3.05, 3.63) is 59.5 Å². The smallest absolute Gasteiger partial charge is 0.225 e. The summed E-state index contributed by atoms with van der Waals surface area (Å²) < 4.78 is 0. The molecule has 0 bridgehead atoms. The van der Waals surface area contributed by atoms with Crippen LogP contribution in [-0.2, 0) is 0 Å². The van der Waals surface area contributed by atoms with Gasteiger partial charge >= 0.3 is 0 Å². The largest absolute Gasteiger partial charge is 0.361 e. The molecule has 28 heavy (non-hydrogen) atoms. The number of rotatable bonds is 6. The molecule has 5 rings (SSSR count). The van der Waals surface area contributed by atoms with E-state index in [1.54, 1.807) is 0 Å². The SMILES string of the molecule is Cc1cnc(NC(C)c2ccc3[nH]ccc3c2)nc1Nc1cc(C2CC2)[nH]n1. The number of aryl methyl sites for hydroxylation is 1. The summed E-state index contributed by atoms with van der Waals surface area (Å²) in [6.45, 7) is 4.10. The van der Waals surface area contributed by atoms with Gasteiger partial charge < -0.3 is 15.6 Å². The van der Waals surface area contributed by atoms with Crippen molar-refractivity contribution >= 4 is 28.5 Å². The molecular weight excluding hydrogens is 350 g/mol. The first-order chi connectivity index (χ1) is 13.7. The number of hydrogen-bond acceptors (Lipinski definition) is 5. The van der Waals surface area contributed by atoms with E-state index in [0.717, 1.165) is 22.7 Å². The molecule has 1 unspecified atom stereocenters. The lowest BCUT2D eigenvalue weighted by molar-refractivity contribution is 0.861. The number of H-pyrrole nitrogens is 2. The van der Waals surface area contributed by atoms with Crippen molar-refractivity contribution < 1.29 is 0 Å². The summed E-state index contributed by atoms with van der Waals surface area (Å²) in [5, 5.41) is 15.4. The van der Waals surface area contributed by atoms with Crippen LogP contribution in [-0.4, -0.2) is 25.1 Å². The lowest BCUT2D eigenvalue weighted by Crippen LogP contribution is -2.10. The van der Waals surface area contributed by atoms with E-state index in [4.69, 9.17) is 0 Å². The van der Waals surface area contributed by atoms with E-state index in [1.165, 1.54) is 29.5 Å². The topological polar surface area (TPSA) is 94.3 Å². The van der Waals surface area contributed by atoms with Crippen molar-refractivity contribution in [2.75, 3.05) is 10.6 Å². The Morgan fingerprint density at radius 3 is 2.93 bits per heavy atom. The van der Waals surface area contributed by atoms with Crippen LogP contribution in [0, 0.1) is 6.92 Å². The zero-order valence-corrected chi connectivity index (χ0v) is 16.0. The highest BCUT2D eigenvalue weighted by atomic mass is 15.2. The fraction of sp³-hybridized carbons (Fsp3) is 0.286. The number of benzene rings is 1. The Balaban J connectivity index is 1.33. The minimum atomic E-state index is 0.0849. The number of fused-ring (bicyclic) bond motifs is 1. The van der Waals surface area contributed by atoms with Crippen LogP contribution in [0.5, 0.6) is 0 Å². The van der Waals surface area contributed by atoms with Gasteiger partial charge in [-0.15, -0.1) is 0 Å². The van der Waals surface area contributed by atoms with Crippen molar-refractivity contribution in [3.63, 3.8) is 0 Å². The van der Waals surface area contributed by atoms with Crippen molar-refractivity contribution in [1.29, 1.82) is 0 Å². The van der Waals surface area contributed by atoms with Crippen molar-refractivity contribution in [3.8, 4) is 0 Å². The van der Waals surface area contributed by atoms with Crippen LogP contribution in [0.15, 0.2) is 42.7 Å². The normalized spacial score (nSPS) is 14.9. The van der Waals surface area contributed by atoms with Gasteiger partial charge in [0.1, 0.15) is 5.82 Å². The Kier molecular flexibility index (Phi) is 4.00. The third-order valence-electron chi connectivity index (χ3n) is 5.26. The van der Waals surface area contributed by atoms with Gasteiger partial charge in [0.05, 0.1) is 6.04 Å². The monoisotopic (exact) mass is 373 g/mol. The first-order valence-corrected chi connectivity index (χ1v) is 9.65. The molecular formula is C21H23N7. The van der Waals surface area contributed by atoms with Gasteiger partial charge in [-0.1, -0.05) is 6.07 Å².